The molecule has 0 unspecified atom stereocenters. The molecule has 1 N–H and O–H groups in total. The zero-order chi connectivity index (χ0) is 13.5. The van der Waals surface area contributed by atoms with Crippen molar-refractivity contribution in [1.82, 2.24) is 10.2 Å². The van der Waals surface area contributed by atoms with Crippen LogP contribution in [-0.2, 0) is 9.53 Å². The normalized spacial score (nSPS) is 20.5. The fourth-order valence-corrected chi connectivity index (χ4v) is 2.63. The molecule has 2 aliphatic rings. The van der Waals surface area contributed by atoms with Crippen LogP contribution in [0, 0.1) is 5.92 Å². The van der Waals surface area contributed by atoms with E-state index in [0.717, 1.165) is 51.4 Å². The predicted molar refractivity (Wildman–Crippen MR) is 76.1 cm³/mol. The molecule has 1 saturated heterocycles. The van der Waals surface area contributed by atoms with Crippen molar-refractivity contribution < 1.29 is 9.53 Å². The first-order valence-electron chi connectivity index (χ1n) is 7.89. The summed E-state index contributed by atoms with van der Waals surface area (Å²) in [5.41, 5.74) is 0. The molecule has 0 bridgehead atoms. The summed E-state index contributed by atoms with van der Waals surface area (Å²) in [6.07, 6.45) is 6.73. The summed E-state index contributed by atoms with van der Waals surface area (Å²) in [7, 11) is 0. The number of piperidine rings is 1. The Kier molecular flexibility index (Phi) is 6.11. The van der Waals surface area contributed by atoms with E-state index in [0.29, 0.717) is 19.1 Å². The Bertz CT molecular complexity index is 273. The number of ether oxygens (including phenoxy) is 1. The van der Waals surface area contributed by atoms with Crippen molar-refractivity contribution in [2.24, 2.45) is 5.92 Å². The van der Waals surface area contributed by atoms with Crippen molar-refractivity contribution in [1.29, 1.82) is 0 Å². The number of carbonyl (C=O) groups is 1. The van der Waals surface area contributed by atoms with Gasteiger partial charge < -0.3 is 15.0 Å². The Morgan fingerprint density at radius 3 is 2.63 bits per heavy atom. The summed E-state index contributed by atoms with van der Waals surface area (Å²) in [6.45, 7) is 6.69. The molecule has 2 fully saturated rings. The third-order valence-electron chi connectivity index (χ3n) is 3.98. The number of nitrogens with one attached hydrogen (secondary N) is 1. The van der Waals surface area contributed by atoms with Gasteiger partial charge in [0.2, 0.25) is 5.91 Å². The van der Waals surface area contributed by atoms with Gasteiger partial charge in [-0.15, -0.1) is 0 Å². The molecule has 1 aliphatic heterocycles. The number of hydrogen-bond acceptors (Lipinski definition) is 3. The number of amides is 1. The molecular formula is C15H28N2O2. The molecule has 110 valence electrons. The molecule has 19 heavy (non-hydrogen) atoms. The molecule has 4 heteroatoms. The van der Waals surface area contributed by atoms with Crippen LogP contribution in [0.5, 0.6) is 0 Å². The SMILES string of the molecule is CCCN(CC1CC1)C(=O)CCOC1CCNCC1. The molecule has 0 aromatic rings. The highest BCUT2D eigenvalue weighted by Crippen LogP contribution is 2.29. The topological polar surface area (TPSA) is 41.6 Å². The van der Waals surface area contributed by atoms with Crippen molar-refractivity contribution in [3.05, 3.63) is 0 Å². The lowest BCUT2D eigenvalue weighted by Crippen LogP contribution is -2.36. The maximum atomic E-state index is 12.2. The summed E-state index contributed by atoms with van der Waals surface area (Å²) in [5.74, 6) is 1.06. The van der Waals surface area contributed by atoms with Gasteiger partial charge in [-0.3, -0.25) is 4.79 Å². The summed E-state index contributed by atoms with van der Waals surface area (Å²) in [4.78, 5) is 14.2. The molecule has 4 nitrogen and oxygen atoms in total. The molecule has 0 aromatic carbocycles. The second-order valence-electron chi connectivity index (χ2n) is 5.85. The summed E-state index contributed by atoms with van der Waals surface area (Å²) >= 11 is 0. The van der Waals surface area contributed by atoms with Crippen LogP contribution >= 0.6 is 0 Å². The number of nitrogens with zero attached hydrogens (tertiary/aromatic N) is 1. The quantitative estimate of drug-likeness (QED) is 0.730. The second kappa shape index (κ2) is 7.85. The Labute approximate surface area is 116 Å². The predicted octanol–water partition coefficient (Wildman–Crippen LogP) is 1.79. The van der Waals surface area contributed by atoms with Crippen LogP contribution < -0.4 is 5.32 Å². The molecule has 0 atom stereocenters. The van der Waals surface area contributed by atoms with Crippen molar-refractivity contribution >= 4 is 5.91 Å². The van der Waals surface area contributed by atoms with E-state index in [4.69, 9.17) is 4.74 Å². The minimum Gasteiger partial charge on any atom is -0.378 e. The van der Waals surface area contributed by atoms with Gasteiger partial charge in [0.25, 0.3) is 0 Å². The average molecular weight is 268 g/mol. The molecule has 1 saturated carbocycles. The number of carbonyl (C=O) groups excluding carboxylic acids is 1. The van der Waals surface area contributed by atoms with Crippen molar-refractivity contribution in [2.45, 2.75) is 51.6 Å². The molecule has 1 aliphatic carbocycles. The Balaban J connectivity index is 1.62. The molecule has 2 rings (SSSR count). The van der Waals surface area contributed by atoms with E-state index < -0.39 is 0 Å². The Hall–Kier alpha value is -0.610. The highest BCUT2D eigenvalue weighted by atomic mass is 16.5. The summed E-state index contributed by atoms with van der Waals surface area (Å²) < 4.78 is 5.81. The van der Waals surface area contributed by atoms with Gasteiger partial charge in [0.1, 0.15) is 0 Å². The Morgan fingerprint density at radius 1 is 1.26 bits per heavy atom. The smallest absolute Gasteiger partial charge is 0.224 e. The third kappa shape index (κ3) is 5.49. The fourth-order valence-electron chi connectivity index (χ4n) is 2.63. The summed E-state index contributed by atoms with van der Waals surface area (Å²) in [6, 6.07) is 0. The minimum atomic E-state index is 0.280. The van der Waals surface area contributed by atoms with Gasteiger partial charge in [-0.25, -0.2) is 0 Å². The van der Waals surface area contributed by atoms with Crippen LogP contribution in [0.4, 0.5) is 0 Å². The zero-order valence-corrected chi connectivity index (χ0v) is 12.2. The van der Waals surface area contributed by atoms with Crippen LogP contribution in [0.2, 0.25) is 0 Å². The average Bonchev–Trinajstić information content (AvgIpc) is 3.23. The first-order valence-corrected chi connectivity index (χ1v) is 7.89. The van der Waals surface area contributed by atoms with Gasteiger partial charge in [0.05, 0.1) is 19.1 Å². The van der Waals surface area contributed by atoms with Crippen molar-refractivity contribution in [3.63, 3.8) is 0 Å². The molecule has 0 radical (unpaired) electrons. The van der Waals surface area contributed by atoms with E-state index in [1.165, 1.54) is 12.8 Å². The van der Waals surface area contributed by atoms with Gasteiger partial charge in [0, 0.05) is 13.1 Å². The molecule has 0 aromatic heterocycles. The number of rotatable bonds is 8. The monoisotopic (exact) mass is 268 g/mol. The Morgan fingerprint density at radius 2 is 2.00 bits per heavy atom. The maximum Gasteiger partial charge on any atom is 0.224 e. The molecular weight excluding hydrogens is 240 g/mol. The van der Waals surface area contributed by atoms with E-state index in [1.807, 2.05) is 4.90 Å². The zero-order valence-electron chi connectivity index (χ0n) is 12.2. The van der Waals surface area contributed by atoms with E-state index >= 15 is 0 Å². The van der Waals surface area contributed by atoms with Crippen LogP contribution in [0.25, 0.3) is 0 Å². The standard InChI is InChI=1S/C15H28N2O2/c1-2-10-17(12-13-3-4-13)15(18)7-11-19-14-5-8-16-9-6-14/h13-14,16H,2-12H2,1H3. The highest BCUT2D eigenvalue weighted by Gasteiger charge is 2.26. The van der Waals surface area contributed by atoms with E-state index in [1.54, 1.807) is 0 Å². The fraction of sp³-hybridized carbons (Fsp3) is 0.933. The largest absolute Gasteiger partial charge is 0.378 e. The van der Waals surface area contributed by atoms with Crippen molar-refractivity contribution in [2.75, 3.05) is 32.8 Å². The van der Waals surface area contributed by atoms with Crippen LogP contribution in [0.15, 0.2) is 0 Å². The van der Waals surface area contributed by atoms with Crippen LogP contribution in [0.1, 0.15) is 45.4 Å². The number of hydrogen-bond donors (Lipinski definition) is 1. The minimum absolute atomic E-state index is 0.280. The first kappa shape index (κ1) is 14.8. The first-order chi connectivity index (χ1) is 9.29. The van der Waals surface area contributed by atoms with E-state index in [9.17, 15) is 4.79 Å². The lowest BCUT2D eigenvalue weighted by atomic mass is 10.1. The van der Waals surface area contributed by atoms with Gasteiger partial charge in [-0.05, 0) is 51.1 Å². The van der Waals surface area contributed by atoms with Gasteiger partial charge >= 0.3 is 0 Å². The van der Waals surface area contributed by atoms with Gasteiger partial charge in [0.15, 0.2) is 0 Å². The van der Waals surface area contributed by atoms with Crippen molar-refractivity contribution in [3.8, 4) is 0 Å². The molecule has 1 heterocycles. The van der Waals surface area contributed by atoms with Gasteiger partial charge in [-0.1, -0.05) is 6.92 Å². The van der Waals surface area contributed by atoms with E-state index in [-0.39, 0.29) is 5.91 Å². The maximum absolute atomic E-state index is 12.2. The lowest BCUT2D eigenvalue weighted by Gasteiger charge is -2.25. The molecule has 0 spiro atoms. The van der Waals surface area contributed by atoms with E-state index in [2.05, 4.69) is 12.2 Å². The lowest BCUT2D eigenvalue weighted by molar-refractivity contribution is -0.133. The summed E-state index contributed by atoms with van der Waals surface area (Å²) in [5, 5.41) is 3.32. The van der Waals surface area contributed by atoms with Crippen LogP contribution in [-0.4, -0.2) is 49.7 Å². The van der Waals surface area contributed by atoms with Crippen LogP contribution in [0.3, 0.4) is 0 Å². The highest BCUT2D eigenvalue weighted by molar-refractivity contribution is 5.76. The third-order valence-corrected chi connectivity index (χ3v) is 3.98. The second-order valence-corrected chi connectivity index (χ2v) is 5.85. The molecule has 1 amide bonds. The van der Waals surface area contributed by atoms with Gasteiger partial charge in [-0.2, -0.15) is 0 Å².